The molecule has 1 aliphatic rings. The molecule has 0 aliphatic carbocycles. The number of hydrogen-bond acceptors (Lipinski definition) is 10. The molecule has 0 bridgehead atoms. The van der Waals surface area contributed by atoms with Gasteiger partial charge < -0.3 is 45.1 Å². The average molecular weight is 1250 g/mol. The average Bonchev–Trinajstić information content (AvgIpc) is 3.71. The minimum Gasteiger partial charge on any atom is -0.466 e. The summed E-state index contributed by atoms with van der Waals surface area (Å²) in [6, 6.07) is -0.827. The molecular weight excluding hydrogens is 1110 g/mol. The molecular formula is C78H143NO10. The first kappa shape index (κ1) is 84.4. The van der Waals surface area contributed by atoms with Crippen LogP contribution in [-0.4, -0.2) is 100 Å². The lowest BCUT2D eigenvalue weighted by atomic mass is 9.99. The lowest BCUT2D eigenvalue weighted by Gasteiger charge is -2.40. The highest BCUT2D eigenvalue weighted by Crippen LogP contribution is 2.23. The SMILES string of the molecule is CCCC/C=C\CCCCCCCC(=O)OCCCCCCCCCCCCC/C=C\C/C=C\CCCCCCCCCCCCCCCCCCCC(=O)NC(COC1OC(CO)C(O)C(O)C1O)C(O)/C=C/CC/C=C/CCCCCCCCCCC. The summed E-state index contributed by atoms with van der Waals surface area (Å²) in [6.07, 6.45) is 79.4. The van der Waals surface area contributed by atoms with Crippen molar-refractivity contribution in [2.24, 2.45) is 0 Å². The van der Waals surface area contributed by atoms with Gasteiger partial charge in [-0.25, -0.2) is 0 Å². The highest BCUT2D eigenvalue weighted by atomic mass is 16.7. The Morgan fingerprint density at radius 2 is 0.775 bits per heavy atom. The van der Waals surface area contributed by atoms with E-state index in [9.17, 15) is 35.1 Å². The van der Waals surface area contributed by atoms with Crippen LogP contribution in [0.5, 0.6) is 0 Å². The Hall–Kier alpha value is -2.64. The van der Waals surface area contributed by atoms with Crippen LogP contribution in [0.3, 0.4) is 0 Å². The highest BCUT2D eigenvalue weighted by molar-refractivity contribution is 5.76. The Labute approximate surface area is 548 Å². The summed E-state index contributed by atoms with van der Waals surface area (Å²) in [5, 5.41) is 54.6. The summed E-state index contributed by atoms with van der Waals surface area (Å²) in [5.41, 5.74) is 0. The fourth-order valence-electron chi connectivity index (χ4n) is 11.8. The quantitative estimate of drug-likeness (QED) is 0.0195. The van der Waals surface area contributed by atoms with Crippen LogP contribution in [0, 0.1) is 0 Å². The lowest BCUT2D eigenvalue weighted by Crippen LogP contribution is -2.60. The number of allylic oxidation sites excluding steroid dienone is 9. The van der Waals surface area contributed by atoms with Crippen LogP contribution in [0.15, 0.2) is 60.8 Å². The molecule has 0 aromatic rings. The van der Waals surface area contributed by atoms with Crippen molar-refractivity contribution in [3.8, 4) is 0 Å². The molecule has 7 atom stereocenters. The standard InChI is InChI=1S/C78H143NO10/c1-3-5-7-9-11-13-15-16-38-41-45-48-52-56-60-64-71(81)70(69-88-78-77(86)76(85)75(84)72(68-80)89-78)79-73(82)65-61-57-53-49-46-42-39-36-34-32-30-28-26-24-22-20-18-17-19-21-23-25-27-29-31-33-35-37-40-43-47-51-55-59-63-67-87-74(83)66-62-58-54-50-44-14-12-10-8-6-4-2/h10,12,19,21,25,27,45,48,60,64,70-72,75-78,80-81,84-86H,3-9,11,13-18,20,22-24,26,28-44,46-47,49-59,61-63,65-69H2,1-2H3,(H,79,82)/b12-10-,21-19-,27-25-,48-45+,64-60+. The molecule has 1 aliphatic heterocycles. The van der Waals surface area contributed by atoms with Gasteiger partial charge in [0.05, 0.1) is 32.0 Å². The Morgan fingerprint density at radius 1 is 0.416 bits per heavy atom. The van der Waals surface area contributed by atoms with E-state index in [1.54, 1.807) is 6.08 Å². The second kappa shape index (κ2) is 66.8. The Bertz CT molecular complexity index is 1660. The molecule has 0 aromatic carbocycles. The Morgan fingerprint density at radius 3 is 1.21 bits per heavy atom. The molecule has 11 heteroatoms. The minimum absolute atomic E-state index is 0.00130. The van der Waals surface area contributed by atoms with Crippen LogP contribution in [0.1, 0.15) is 361 Å². The smallest absolute Gasteiger partial charge is 0.305 e. The van der Waals surface area contributed by atoms with Crippen LogP contribution in [-0.2, 0) is 23.8 Å². The van der Waals surface area contributed by atoms with E-state index in [1.807, 2.05) is 6.08 Å². The molecule has 1 heterocycles. The third-order valence-corrected chi connectivity index (χ3v) is 17.8. The molecule has 6 N–H and O–H groups in total. The second-order valence-corrected chi connectivity index (χ2v) is 26.3. The van der Waals surface area contributed by atoms with Crippen molar-refractivity contribution in [3.63, 3.8) is 0 Å². The van der Waals surface area contributed by atoms with E-state index in [1.165, 1.54) is 270 Å². The van der Waals surface area contributed by atoms with Gasteiger partial charge in [0.15, 0.2) is 6.29 Å². The number of aliphatic hydroxyl groups is 5. The molecule has 89 heavy (non-hydrogen) atoms. The van der Waals surface area contributed by atoms with Gasteiger partial charge in [-0.15, -0.1) is 0 Å². The van der Waals surface area contributed by atoms with E-state index in [-0.39, 0.29) is 18.5 Å². The van der Waals surface area contributed by atoms with Crippen LogP contribution in [0.25, 0.3) is 0 Å². The van der Waals surface area contributed by atoms with Gasteiger partial charge in [-0.3, -0.25) is 9.59 Å². The zero-order valence-corrected chi connectivity index (χ0v) is 57.9. The first-order chi connectivity index (χ1) is 43.7. The van der Waals surface area contributed by atoms with Crippen molar-refractivity contribution in [2.75, 3.05) is 19.8 Å². The molecule has 1 rings (SSSR count). The molecule has 0 aromatic heterocycles. The molecule has 1 fully saturated rings. The molecule has 11 nitrogen and oxygen atoms in total. The Balaban J connectivity index is 1.97. The largest absolute Gasteiger partial charge is 0.466 e. The third-order valence-electron chi connectivity index (χ3n) is 17.8. The van der Waals surface area contributed by atoms with Gasteiger partial charge in [-0.05, 0) is 96.3 Å². The van der Waals surface area contributed by atoms with Gasteiger partial charge in [0.1, 0.15) is 24.4 Å². The molecule has 1 amide bonds. The zero-order chi connectivity index (χ0) is 64.4. The van der Waals surface area contributed by atoms with E-state index < -0.39 is 49.5 Å². The molecule has 0 spiro atoms. The number of ether oxygens (including phenoxy) is 3. The van der Waals surface area contributed by atoms with E-state index in [2.05, 4.69) is 67.8 Å². The van der Waals surface area contributed by atoms with Gasteiger partial charge in [-0.2, -0.15) is 0 Å². The number of amides is 1. The lowest BCUT2D eigenvalue weighted by molar-refractivity contribution is -0.302. The van der Waals surface area contributed by atoms with Crippen molar-refractivity contribution in [1.29, 1.82) is 0 Å². The summed E-state index contributed by atoms with van der Waals surface area (Å²) in [7, 11) is 0. The van der Waals surface area contributed by atoms with Crippen LogP contribution in [0.2, 0.25) is 0 Å². The van der Waals surface area contributed by atoms with Crippen molar-refractivity contribution in [1.82, 2.24) is 5.32 Å². The van der Waals surface area contributed by atoms with Crippen molar-refractivity contribution in [2.45, 2.75) is 403 Å². The molecule has 0 radical (unpaired) electrons. The number of esters is 1. The predicted octanol–water partition coefficient (Wildman–Crippen LogP) is 20.1. The highest BCUT2D eigenvalue weighted by Gasteiger charge is 2.44. The number of hydrogen-bond donors (Lipinski definition) is 6. The number of unbranched alkanes of at least 4 members (excludes halogenated alkanes) is 45. The maximum Gasteiger partial charge on any atom is 0.305 e. The van der Waals surface area contributed by atoms with Gasteiger partial charge >= 0.3 is 5.97 Å². The maximum absolute atomic E-state index is 13.1. The topological polar surface area (TPSA) is 175 Å². The normalized spacial score (nSPS) is 18.0. The van der Waals surface area contributed by atoms with Crippen molar-refractivity contribution in [3.05, 3.63) is 60.8 Å². The monoisotopic (exact) mass is 1250 g/mol. The minimum atomic E-state index is -1.58. The second-order valence-electron chi connectivity index (χ2n) is 26.3. The number of aliphatic hydroxyl groups excluding tert-OH is 5. The summed E-state index contributed by atoms with van der Waals surface area (Å²) in [4.78, 5) is 25.1. The van der Waals surface area contributed by atoms with Gasteiger partial charge in [-0.1, -0.05) is 312 Å². The maximum atomic E-state index is 13.1. The molecule has 0 saturated carbocycles. The Kier molecular flexibility index (Phi) is 63.3. The first-order valence-corrected chi connectivity index (χ1v) is 38.1. The van der Waals surface area contributed by atoms with E-state index >= 15 is 0 Å². The predicted molar refractivity (Wildman–Crippen MR) is 375 cm³/mol. The fraction of sp³-hybridized carbons (Fsp3) is 0.846. The number of rotatable bonds is 67. The van der Waals surface area contributed by atoms with Gasteiger partial charge in [0, 0.05) is 12.8 Å². The van der Waals surface area contributed by atoms with E-state index in [4.69, 9.17) is 14.2 Å². The summed E-state index contributed by atoms with van der Waals surface area (Å²) < 4.78 is 16.7. The van der Waals surface area contributed by atoms with E-state index in [0.717, 1.165) is 64.2 Å². The molecule has 7 unspecified atom stereocenters. The number of nitrogens with one attached hydrogen (secondary N) is 1. The van der Waals surface area contributed by atoms with Crippen LogP contribution in [0.4, 0.5) is 0 Å². The van der Waals surface area contributed by atoms with Crippen LogP contribution >= 0.6 is 0 Å². The van der Waals surface area contributed by atoms with Gasteiger partial charge in [0.25, 0.3) is 0 Å². The summed E-state index contributed by atoms with van der Waals surface area (Å²) in [6.45, 7) is 4.32. The van der Waals surface area contributed by atoms with Crippen LogP contribution < -0.4 is 5.32 Å². The molecule has 1 saturated heterocycles. The third kappa shape index (κ3) is 55.5. The van der Waals surface area contributed by atoms with Crippen molar-refractivity contribution >= 4 is 11.9 Å². The van der Waals surface area contributed by atoms with E-state index in [0.29, 0.717) is 19.4 Å². The fourth-order valence-corrected chi connectivity index (χ4v) is 11.8. The summed E-state index contributed by atoms with van der Waals surface area (Å²) >= 11 is 0. The zero-order valence-electron chi connectivity index (χ0n) is 57.9. The molecule has 520 valence electrons. The first-order valence-electron chi connectivity index (χ1n) is 38.1. The van der Waals surface area contributed by atoms with Gasteiger partial charge in [0.2, 0.25) is 5.91 Å². The van der Waals surface area contributed by atoms with Crippen molar-refractivity contribution < 1.29 is 49.3 Å². The summed E-state index contributed by atoms with van der Waals surface area (Å²) in [5.74, 6) is -0.189. The number of carbonyl (C=O) groups is 2. The number of carbonyl (C=O) groups excluding carboxylic acids is 2.